The predicted octanol–water partition coefficient (Wildman–Crippen LogP) is 7.21. The van der Waals surface area contributed by atoms with Crippen LogP contribution in [0, 0.1) is 5.92 Å². The molecule has 0 N–H and O–H groups in total. The second-order valence-electron chi connectivity index (χ2n) is 14.6. The first-order chi connectivity index (χ1) is 22.8. The molecule has 2 aromatic rings. The van der Waals surface area contributed by atoms with Crippen LogP contribution in [0.2, 0.25) is 0 Å². The fourth-order valence-corrected chi connectivity index (χ4v) is 9.56. The molecule has 254 valence electrons. The van der Waals surface area contributed by atoms with E-state index in [4.69, 9.17) is 9.47 Å². The molecule has 0 aromatic heterocycles. The lowest BCUT2D eigenvalue weighted by atomic mass is 9.51. The Morgan fingerprint density at radius 3 is 2.51 bits per heavy atom. The highest BCUT2D eigenvalue weighted by atomic mass is 16.6. The highest BCUT2D eigenvalue weighted by molar-refractivity contribution is 5.78. The molecule has 5 atom stereocenters. The minimum Gasteiger partial charge on any atom is -0.483 e. The molecule has 1 spiro atoms. The number of piperidine rings is 1. The molecular weight excluding hydrogens is 588 g/mol. The molecule has 0 radical (unpaired) electrons. The van der Waals surface area contributed by atoms with Crippen molar-refractivity contribution in [2.75, 3.05) is 19.6 Å². The van der Waals surface area contributed by atoms with Gasteiger partial charge in [0.25, 0.3) is 0 Å². The van der Waals surface area contributed by atoms with Gasteiger partial charge in [0.15, 0.2) is 11.5 Å². The second kappa shape index (κ2) is 14.9. The van der Waals surface area contributed by atoms with Gasteiger partial charge in [-0.15, -0.1) is 0 Å². The van der Waals surface area contributed by atoms with Crippen LogP contribution in [0.15, 0.2) is 42.5 Å². The van der Waals surface area contributed by atoms with Crippen LogP contribution < -0.4 is 9.47 Å². The summed E-state index contributed by atoms with van der Waals surface area (Å²) in [6, 6.07) is 14.9. The van der Waals surface area contributed by atoms with Gasteiger partial charge in [-0.3, -0.25) is 19.3 Å². The van der Waals surface area contributed by atoms with Crippen LogP contribution in [0.5, 0.6) is 11.5 Å². The molecule has 2 aromatic carbocycles. The zero-order valence-corrected chi connectivity index (χ0v) is 28.8. The van der Waals surface area contributed by atoms with Gasteiger partial charge in [0.1, 0.15) is 11.9 Å². The lowest BCUT2D eigenvalue weighted by molar-refractivity contribution is -0.143. The van der Waals surface area contributed by atoms with Gasteiger partial charge in [0, 0.05) is 36.9 Å². The fourth-order valence-electron chi connectivity index (χ4n) is 9.56. The van der Waals surface area contributed by atoms with Gasteiger partial charge in [-0.05, 0) is 87.9 Å². The Kier molecular flexibility index (Phi) is 10.7. The number of carbonyl (C=O) groups excluding carboxylic acids is 3. The number of unbranched alkanes of at least 4 members (excludes halogenated alkanes) is 6. The lowest BCUT2D eigenvalue weighted by Crippen LogP contribution is -2.69. The van der Waals surface area contributed by atoms with Crippen molar-refractivity contribution in [3.8, 4) is 11.5 Å². The molecule has 7 heteroatoms. The molecule has 0 unspecified atom stereocenters. The molecule has 2 aliphatic carbocycles. The summed E-state index contributed by atoms with van der Waals surface area (Å²) in [6.07, 6.45) is 13.9. The Hall–Kier alpha value is -3.19. The Morgan fingerprint density at radius 1 is 0.957 bits per heavy atom. The number of Topliss-reactive ketones (excluding diaryl/α,β-unsaturated/α-hetero) is 1. The lowest BCUT2D eigenvalue weighted by Gasteiger charge is -2.60. The van der Waals surface area contributed by atoms with Crippen LogP contribution in [-0.2, 0) is 32.6 Å². The third kappa shape index (κ3) is 6.88. The minimum atomic E-state index is -0.355. The van der Waals surface area contributed by atoms with E-state index in [2.05, 4.69) is 53.1 Å². The maximum Gasteiger partial charge on any atom is 0.308 e. The number of ether oxygens (including phenoxy) is 2. The largest absolute Gasteiger partial charge is 0.483 e. The molecular formula is C40H54N2O5. The van der Waals surface area contributed by atoms with Crippen LogP contribution in [0.4, 0.5) is 0 Å². The molecule has 1 saturated carbocycles. The van der Waals surface area contributed by atoms with Crippen LogP contribution >= 0.6 is 0 Å². The Labute approximate surface area is 281 Å². The monoisotopic (exact) mass is 642 g/mol. The summed E-state index contributed by atoms with van der Waals surface area (Å²) >= 11 is 0. The number of hydrogen-bond donors (Lipinski definition) is 0. The van der Waals surface area contributed by atoms with E-state index in [1.807, 2.05) is 6.07 Å². The van der Waals surface area contributed by atoms with Crippen LogP contribution in [0.25, 0.3) is 0 Å². The van der Waals surface area contributed by atoms with Crippen molar-refractivity contribution in [3.05, 3.63) is 59.2 Å². The standard InChI is InChI=1S/C40H54N2O5/c1-4-5-14-24-42(36(45)18-13-8-6-7-10-15-30-16-11-9-12-17-30)33-21-20-32-34-26-31-19-22-35(46-29(3)44)38-37(31)40(32,39(33)47-38)23-25-41(34)27-28(2)43/h9,11-12,16-17,19,22,32-34,39H,4-8,10,13-15,18,20-21,23-27H2,1-3H3/t32-,33-,34+,39-,40-/m0/s1. The fraction of sp³-hybridized carbons (Fsp3) is 0.625. The van der Waals surface area contributed by atoms with Crippen molar-refractivity contribution in [2.24, 2.45) is 5.92 Å². The van der Waals surface area contributed by atoms with Crippen LogP contribution in [-0.4, -0.2) is 65.3 Å². The van der Waals surface area contributed by atoms with Crippen molar-refractivity contribution in [3.63, 3.8) is 0 Å². The molecule has 7 nitrogen and oxygen atoms in total. The SMILES string of the molecule is CCCCCN(C(=O)CCCCCCCc1ccccc1)[C@H]1CC[C@H]2[C@H]3Cc4ccc(OC(C)=O)c5c4[C@@]2(CCN3CC(C)=O)[C@H]1O5. The normalized spacial score (nSPS) is 25.5. The maximum atomic E-state index is 14.1. The van der Waals surface area contributed by atoms with E-state index in [1.165, 1.54) is 36.5 Å². The molecule has 6 rings (SSSR count). The highest BCUT2D eigenvalue weighted by Gasteiger charge is 2.66. The summed E-state index contributed by atoms with van der Waals surface area (Å²) in [5.74, 6) is 1.65. The van der Waals surface area contributed by atoms with Crippen molar-refractivity contribution in [1.29, 1.82) is 0 Å². The van der Waals surface area contributed by atoms with Gasteiger partial charge in [0.05, 0.1) is 12.6 Å². The minimum absolute atomic E-state index is 0.0231. The van der Waals surface area contributed by atoms with Crippen molar-refractivity contribution in [2.45, 2.75) is 134 Å². The number of aryl methyl sites for hydroxylation is 1. The first-order valence-corrected chi connectivity index (χ1v) is 18.4. The average molecular weight is 643 g/mol. The van der Waals surface area contributed by atoms with E-state index in [0.717, 1.165) is 89.5 Å². The maximum absolute atomic E-state index is 14.1. The first-order valence-electron chi connectivity index (χ1n) is 18.4. The molecule has 2 heterocycles. The van der Waals surface area contributed by atoms with Crippen molar-refractivity contribution < 1.29 is 23.9 Å². The number of amides is 1. The summed E-state index contributed by atoms with van der Waals surface area (Å²) in [6.45, 7) is 7.40. The van der Waals surface area contributed by atoms with E-state index in [9.17, 15) is 14.4 Å². The Morgan fingerprint density at radius 2 is 1.74 bits per heavy atom. The highest BCUT2D eigenvalue weighted by Crippen LogP contribution is 2.64. The molecule has 2 aliphatic heterocycles. The zero-order chi connectivity index (χ0) is 33.0. The molecule has 47 heavy (non-hydrogen) atoms. The van der Waals surface area contributed by atoms with E-state index < -0.39 is 0 Å². The van der Waals surface area contributed by atoms with Crippen molar-refractivity contribution >= 4 is 17.7 Å². The number of benzene rings is 2. The second-order valence-corrected chi connectivity index (χ2v) is 14.6. The van der Waals surface area contributed by atoms with Gasteiger partial charge in [-0.2, -0.15) is 0 Å². The summed E-state index contributed by atoms with van der Waals surface area (Å²) in [7, 11) is 0. The smallest absolute Gasteiger partial charge is 0.308 e. The molecule has 2 fully saturated rings. The molecule has 1 amide bonds. The number of ketones is 1. The van der Waals surface area contributed by atoms with Gasteiger partial charge in [-0.25, -0.2) is 0 Å². The summed E-state index contributed by atoms with van der Waals surface area (Å²) in [5.41, 5.74) is 3.61. The van der Waals surface area contributed by atoms with E-state index in [1.54, 1.807) is 6.92 Å². The number of rotatable bonds is 16. The Balaban J connectivity index is 1.20. The average Bonchev–Trinajstić information content (AvgIpc) is 3.40. The topological polar surface area (TPSA) is 76.2 Å². The third-order valence-electron chi connectivity index (χ3n) is 11.5. The quantitative estimate of drug-likeness (QED) is 0.109. The molecule has 2 bridgehead atoms. The number of esters is 1. The summed E-state index contributed by atoms with van der Waals surface area (Å²) < 4.78 is 12.8. The van der Waals surface area contributed by atoms with Gasteiger partial charge < -0.3 is 14.4 Å². The number of nitrogens with zero attached hydrogens (tertiary/aromatic N) is 2. The number of hydrogen-bond acceptors (Lipinski definition) is 6. The van der Waals surface area contributed by atoms with Crippen LogP contribution in [0.3, 0.4) is 0 Å². The van der Waals surface area contributed by atoms with Crippen molar-refractivity contribution in [1.82, 2.24) is 9.80 Å². The number of likely N-dealkylation sites (tertiary alicyclic amines) is 1. The molecule has 4 aliphatic rings. The van der Waals surface area contributed by atoms with E-state index in [0.29, 0.717) is 24.6 Å². The Bertz CT molecular complexity index is 1430. The van der Waals surface area contributed by atoms with Gasteiger partial charge in [-0.1, -0.05) is 75.4 Å². The third-order valence-corrected chi connectivity index (χ3v) is 11.5. The van der Waals surface area contributed by atoms with Gasteiger partial charge in [0.2, 0.25) is 5.91 Å². The van der Waals surface area contributed by atoms with E-state index in [-0.39, 0.29) is 41.3 Å². The predicted molar refractivity (Wildman–Crippen MR) is 184 cm³/mol. The summed E-state index contributed by atoms with van der Waals surface area (Å²) in [5, 5.41) is 0. The van der Waals surface area contributed by atoms with Crippen LogP contribution in [0.1, 0.15) is 115 Å². The van der Waals surface area contributed by atoms with Gasteiger partial charge >= 0.3 is 5.97 Å². The first kappa shape index (κ1) is 33.7. The number of carbonyl (C=O) groups is 3. The zero-order valence-electron chi connectivity index (χ0n) is 28.8. The summed E-state index contributed by atoms with van der Waals surface area (Å²) in [4.78, 5) is 43.2. The molecule has 1 saturated heterocycles. The van der Waals surface area contributed by atoms with E-state index >= 15 is 0 Å².